The van der Waals surface area contributed by atoms with Crippen molar-refractivity contribution in [2.24, 2.45) is 11.8 Å². The Bertz CT molecular complexity index is 1050. The molecule has 2 aromatic carbocycles. The van der Waals surface area contributed by atoms with Crippen LogP contribution in [0.1, 0.15) is 48.2 Å². The predicted octanol–water partition coefficient (Wildman–Crippen LogP) is 5.70. The number of piperidine rings is 1. The zero-order valence-electron chi connectivity index (χ0n) is 17.0. The van der Waals surface area contributed by atoms with E-state index in [2.05, 4.69) is 21.2 Å². The first kappa shape index (κ1) is 20.5. The van der Waals surface area contributed by atoms with Gasteiger partial charge in [-0.2, -0.15) is 0 Å². The van der Waals surface area contributed by atoms with Crippen LogP contribution >= 0.6 is 23.2 Å². The Morgan fingerprint density at radius 1 is 1.03 bits per heavy atom. The minimum absolute atomic E-state index is 0.0669. The fourth-order valence-electron chi connectivity index (χ4n) is 4.70. The van der Waals surface area contributed by atoms with E-state index in [9.17, 15) is 4.79 Å². The van der Waals surface area contributed by atoms with E-state index in [1.165, 1.54) is 19.2 Å². The fourth-order valence-corrected chi connectivity index (χ4v) is 5.03. The first-order chi connectivity index (χ1) is 15.1. The van der Waals surface area contributed by atoms with Crippen LogP contribution in [0.15, 0.2) is 59.3 Å². The van der Waals surface area contributed by atoms with Crippen LogP contribution in [0.4, 0.5) is 0 Å². The van der Waals surface area contributed by atoms with E-state index in [1.807, 2.05) is 42.5 Å². The third-order valence-electron chi connectivity index (χ3n) is 6.35. The second-order valence-electron chi connectivity index (χ2n) is 8.56. The van der Waals surface area contributed by atoms with E-state index < -0.39 is 0 Å². The van der Waals surface area contributed by atoms with Gasteiger partial charge in [0.15, 0.2) is 0 Å². The summed E-state index contributed by atoms with van der Waals surface area (Å²) in [5.41, 5.74) is 2.23. The van der Waals surface area contributed by atoms with E-state index in [0.29, 0.717) is 34.7 Å². The van der Waals surface area contributed by atoms with Gasteiger partial charge in [0, 0.05) is 34.8 Å². The molecule has 0 spiro atoms. The molecule has 5 nitrogen and oxygen atoms in total. The molecule has 2 heterocycles. The Morgan fingerprint density at radius 3 is 2.52 bits per heavy atom. The fraction of sp³-hybridized carbons (Fsp3) is 0.375. The van der Waals surface area contributed by atoms with Crippen LogP contribution in [0, 0.1) is 11.8 Å². The zero-order chi connectivity index (χ0) is 21.4. The summed E-state index contributed by atoms with van der Waals surface area (Å²) in [5.74, 6) is 1.11. The molecule has 7 heteroatoms. The van der Waals surface area contributed by atoms with Gasteiger partial charge in [0.05, 0.1) is 6.04 Å². The van der Waals surface area contributed by atoms with Crippen LogP contribution in [0.25, 0.3) is 0 Å². The molecular weight excluding hydrogens is 433 g/mol. The summed E-state index contributed by atoms with van der Waals surface area (Å²) >= 11 is 12.5. The zero-order valence-corrected chi connectivity index (χ0v) is 18.5. The Hall–Kier alpha value is -2.37. The Labute approximate surface area is 191 Å². The van der Waals surface area contributed by atoms with E-state index in [4.69, 9.17) is 27.6 Å². The van der Waals surface area contributed by atoms with Gasteiger partial charge in [0.25, 0.3) is 0 Å². The van der Waals surface area contributed by atoms with Crippen molar-refractivity contribution < 1.29 is 9.21 Å². The van der Waals surface area contributed by atoms with Gasteiger partial charge in [-0.25, -0.2) is 0 Å². The maximum absolute atomic E-state index is 13.7. The van der Waals surface area contributed by atoms with Gasteiger partial charge in [-0.15, -0.1) is 10.2 Å². The summed E-state index contributed by atoms with van der Waals surface area (Å²) < 4.78 is 5.37. The summed E-state index contributed by atoms with van der Waals surface area (Å²) in [5, 5.41) is 9.19. The topological polar surface area (TPSA) is 59.2 Å². The molecule has 2 aliphatic rings. The smallest absolute Gasteiger partial charge is 0.226 e. The van der Waals surface area contributed by atoms with E-state index in [-0.39, 0.29) is 23.8 Å². The van der Waals surface area contributed by atoms with Crippen molar-refractivity contribution in [3.63, 3.8) is 0 Å². The van der Waals surface area contributed by atoms with Crippen molar-refractivity contribution in [1.29, 1.82) is 0 Å². The molecule has 1 aliphatic carbocycles. The molecule has 1 amide bonds. The first-order valence-corrected chi connectivity index (χ1v) is 11.4. The number of benzene rings is 2. The minimum Gasteiger partial charge on any atom is -0.428 e. The van der Waals surface area contributed by atoms with E-state index >= 15 is 0 Å². The van der Waals surface area contributed by atoms with E-state index in [0.717, 1.165) is 17.7 Å². The lowest BCUT2D eigenvalue weighted by molar-refractivity contribution is -0.143. The number of carbonyl (C=O) groups is 1. The summed E-state index contributed by atoms with van der Waals surface area (Å²) in [6.07, 6.45) is 4.80. The number of hydrogen-bond donors (Lipinski definition) is 0. The monoisotopic (exact) mass is 455 g/mol. The molecule has 3 atom stereocenters. The lowest BCUT2D eigenvalue weighted by Gasteiger charge is -2.45. The molecule has 0 radical (unpaired) electrons. The van der Waals surface area contributed by atoms with Gasteiger partial charge >= 0.3 is 0 Å². The summed E-state index contributed by atoms with van der Waals surface area (Å²) in [6, 6.07) is 15.8. The number of hydrogen-bond acceptors (Lipinski definition) is 4. The normalized spacial score (nSPS) is 23.9. The lowest BCUT2D eigenvalue weighted by Crippen LogP contribution is -2.48. The molecule has 3 unspecified atom stereocenters. The molecule has 1 saturated heterocycles. The van der Waals surface area contributed by atoms with Gasteiger partial charge < -0.3 is 9.32 Å². The number of aromatic nitrogens is 2. The Balaban J connectivity index is 1.57. The number of carbonyl (C=O) groups excluding carboxylic acids is 1. The first-order valence-electron chi connectivity index (χ1n) is 10.6. The maximum Gasteiger partial charge on any atom is 0.226 e. The molecule has 160 valence electrons. The van der Waals surface area contributed by atoms with Gasteiger partial charge in [-0.3, -0.25) is 4.79 Å². The number of nitrogens with zero attached hydrogens (tertiary/aromatic N) is 3. The van der Waals surface area contributed by atoms with Crippen molar-refractivity contribution in [3.05, 3.63) is 82.0 Å². The third-order valence-corrected chi connectivity index (χ3v) is 6.84. The number of amides is 1. The van der Waals surface area contributed by atoms with Crippen molar-refractivity contribution >= 4 is 29.1 Å². The van der Waals surface area contributed by atoms with E-state index in [1.54, 1.807) is 0 Å². The van der Waals surface area contributed by atoms with Crippen molar-refractivity contribution in [2.45, 2.75) is 37.6 Å². The van der Waals surface area contributed by atoms with Crippen LogP contribution in [0.2, 0.25) is 10.0 Å². The molecule has 0 N–H and O–H groups in total. The van der Waals surface area contributed by atoms with Crippen LogP contribution in [0.3, 0.4) is 0 Å². The molecule has 2 fully saturated rings. The van der Waals surface area contributed by atoms with Crippen molar-refractivity contribution in [2.75, 3.05) is 6.54 Å². The van der Waals surface area contributed by atoms with Crippen LogP contribution in [0.5, 0.6) is 0 Å². The molecule has 1 aromatic heterocycles. The highest BCUT2D eigenvalue weighted by Gasteiger charge is 2.45. The highest BCUT2D eigenvalue weighted by atomic mass is 35.5. The quantitative estimate of drug-likeness (QED) is 0.477. The molecular formula is C24H23Cl2N3O2. The standard InChI is InChI=1S/C24H23Cl2N3O2/c25-19-8-6-16(7-9-19)23-21(17-2-1-3-20(26)10-17)11-18(12-22-28-27-14-31-22)24(30)29(23)13-15-4-5-15/h1-3,6-10,14-15,18,21,23H,4-5,11-13H2. The maximum atomic E-state index is 13.7. The Morgan fingerprint density at radius 2 is 1.84 bits per heavy atom. The number of likely N-dealkylation sites (tertiary alicyclic amines) is 1. The van der Waals surface area contributed by atoms with Crippen LogP contribution < -0.4 is 0 Å². The molecule has 1 saturated carbocycles. The summed E-state index contributed by atoms with van der Waals surface area (Å²) in [7, 11) is 0. The summed E-state index contributed by atoms with van der Waals surface area (Å²) in [4.78, 5) is 15.8. The van der Waals surface area contributed by atoms with Crippen LogP contribution in [-0.2, 0) is 11.2 Å². The Kier molecular flexibility index (Phi) is 5.72. The second kappa shape index (κ2) is 8.64. The molecule has 5 rings (SSSR count). The largest absolute Gasteiger partial charge is 0.428 e. The predicted molar refractivity (Wildman–Crippen MR) is 119 cm³/mol. The molecule has 31 heavy (non-hydrogen) atoms. The number of halogens is 2. The average molecular weight is 456 g/mol. The minimum atomic E-state index is -0.216. The van der Waals surface area contributed by atoms with Gasteiger partial charge in [0.1, 0.15) is 0 Å². The average Bonchev–Trinajstić information content (AvgIpc) is 3.44. The SMILES string of the molecule is O=C1C(Cc2nnco2)CC(c2cccc(Cl)c2)C(c2ccc(Cl)cc2)N1CC1CC1. The molecule has 0 bridgehead atoms. The molecule has 1 aliphatic heterocycles. The number of rotatable bonds is 6. The lowest BCUT2D eigenvalue weighted by atomic mass is 9.75. The van der Waals surface area contributed by atoms with Crippen molar-refractivity contribution in [3.8, 4) is 0 Å². The van der Waals surface area contributed by atoms with Gasteiger partial charge in [-0.1, -0.05) is 47.5 Å². The van der Waals surface area contributed by atoms with Gasteiger partial charge in [0.2, 0.25) is 18.2 Å². The van der Waals surface area contributed by atoms with Gasteiger partial charge in [-0.05, 0) is 60.6 Å². The molecule has 3 aromatic rings. The summed E-state index contributed by atoms with van der Waals surface area (Å²) in [6.45, 7) is 0.767. The highest BCUT2D eigenvalue weighted by molar-refractivity contribution is 6.30. The highest BCUT2D eigenvalue weighted by Crippen LogP contribution is 2.47. The second-order valence-corrected chi connectivity index (χ2v) is 9.43. The van der Waals surface area contributed by atoms with Crippen molar-refractivity contribution in [1.82, 2.24) is 15.1 Å². The van der Waals surface area contributed by atoms with Crippen LogP contribution in [-0.4, -0.2) is 27.5 Å². The third kappa shape index (κ3) is 4.48.